The van der Waals surface area contributed by atoms with Crippen molar-refractivity contribution in [2.45, 2.75) is 13.5 Å². The summed E-state index contributed by atoms with van der Waals surface area (Å²) in [7, 11) is 4.01. The van der Waals surface area contributed by atoms with Crippen LogP contribution in [-0.4, -0.2) is 40.8 Å². The number of aliphatic imine (C=N–C) groups is 1. The SMILES string of the molecule is Cc1c(CNC2=NCCN2C)cnn1C.I. The van der Waals surface area contributed by atoms with Gasteiger partial charge in [-0.1, -0.05) is 0 Å². The molecule has 0 saturated carbocycles. The fourth-order valence-electron chi connectivity index (χ4n) is 1.62. The number of nitrogens with zero attached hydrogens (tertiary/aromatic N) is 4. The molecule has 0 atom stereocenters. The van der Waals surface area contributed by atoms with Crippen LogP contribution < -0.4 is 5.32 Å². The predicted octanol–water partition coefficient (Wildman–Crippen LogP) is 0.738. The lowest BCUT2D eigenvalue weighted by Gasteiger charge is -2.14. The molecule has 6 heteroatoms. The first kappa shape index (κ1) is 13.3. The van der Waals surface area contributed by atoms with E-state index in [0.717, 1.165) is 25.6 Å². The molecule has 5 nitrogen and oxygen atoms in total. The van der Waals surface area contributed by atoms with Gasteiger partial charge >= 0.3 is 0 Å². The number of aromatic nitrogens is 2. The van der Waals surface area contributed by atoms with Crippen LogP contribution in [0.2, 0.25) is 0 Å². The quantitative estimate of drug-likeness (QED) is 0.811. The van der Waals surface area contributed by atoms with Gasteiger partial charge in [-0.3, -0.25) is 9.67 Å². The van der Waals surface area contributed by atoms with Crippen molar-refractivity contribution < 1.29 is 0 Å². The first-order chi connectivity index (χ1) is 7.18. The van der Waals surface area contributed by atoms with E-state index in [-0.39, 0.29) is 24.0 Å². The Balaban J connectivity index is 0.00000128. The van der Waals surface area contributed by atoms with Crippen LogP contribution >= 0.6 is 24.0 Å². The smallest absolute Gasteiger partial charge is 0.194 e. The minimum absolute atomic E-state index is 0. The lowest BCUT2D eigenvalue weighted by molar-refractivity contribution is 0.534. The largest absolute Gasteiger partial charge is 0.352 e. The molecule has 2 rings (SSSR count). The second kappa shape index (κ2) is 5.51. The number of guanidine groups is 1. The molecular formula is C10H18IN5. The van der Waals surface area contributed by atoms with Crippen LogP contribution in [0.4, 0.5) is 0 Å². The second-order valence-electron chi connectivity index (χ2n) is 3.86. The minimum Gasteiger partial charge on any atom is -0.352 e. The van der Waals surface area contributed by atoms with Crippen molar-refractivity contribution in [3.8, 4) is 0 Å². The van der Waals surface area contributed by atoms with Crippen LogP contribution in [0, 0.1) is 6.92 Å². The Morgan fingerprint density at radius 3 is 2.69 bits per heavy atom. The molecule has 90 valence electrons. The van der Waals surface area contributed by atoms with Crippen LogP contribution in [0.1, 0.15) is 11.3 Å². The van der Waals surface area contributed by atoms with Crippen LogP contribution in [0.3, 0.4) is 0 Å². The predicted molar refractivity (Wildman–Crippen MR) is 75.1 cm³/mol. The average molecular weight is 335 g/mol. The van der Waals surface area contributed by atoms with E-state index in [1.807, 2.05) is 17.9 Å². The number of halogens is 1. The van der Waals surface area contributed by atoms with Crippen molar-refractivity contribution in [3.05, 3.63) is 17.5 Å². The van der Waals surface area contributed by atoms with Crippen molar-refractivity contribution in [1.82, 2.24) is 20.0 Å². The fraction of sp³-hybridized carbons (Fsp3) is 0.600. The van der Waals surface area contributed by atoms with E-state index in [1.165, 1.54) is 11.3 Å². The summed E-state index contributed by atoms with van der Waals surface area (Å²) in [6, 6.07) is 0. The van der Waals surface area contributed by atoms with Gasteiger partial charge in [-0.25, -0.2) is 0 Å². The molecule has 1 aromatic heterocycles. The van der Waals surface area contributed by atoms with Crippen LogP contribution in [0.25, 0.3) is 0 Å². The van der Waals surface area contributed by atoms with Crippen molar-refractivity contribution in [1.29, 1.82) is 0 Å². The number of aryl methyl sites for hydroxylation is 1. The monoisotopic (exact) mass is 335 g/mol. The van der Waals surface area contributed by atoms with E-state index >= 15 is 0 Å². The molecule has 1 aliphatic heterocycles. The molecule has 1 N–H and O–H groups in total. The number of hydrogen-bond donors (Lipinski definition) is 1. The van der Waals surface area contributed by atoms with E-state index in [4.69, 9.17) is 0 Å². The van der Waals surface area contributed by atoms with E-state index in [2.05, 4.69) is 34.3 Å². The van der Waals surface area contributed by atoms with Crippen LogP contribution in [0.15, 0.2) is 11.2 Å². The summed E-state index contributed by atoms with van der Waals surface area (Å²) in [5, 5.41) is 7.53. The molecule has 0 unspecified atom stereocenters. The number of nitrogens with one attached hydrogen (secondary N) is 1. The summed E-state index contributed by atoms with van der Waals surface area (Å²) in [4.78, 5) is 6.50. The highest BCUT2D eigenvalue weighted by Crippen LogP contribution is 2.05. The van der Waals surface area contributed by atoms with Gasteiger partial charge in [0.1, 0.15) is 0 Å². The van der Waals surface area contributed by atoms with Gasteiger partial charge in [0.25, 0.3) is 0 Å². The molecule has 0 aliphatic carbocycles. The third kappa shape index (κ3) is 2.66. The molecule has 0 bridgehead atoms. The van der Waals surface area contributed by atoms with Gasteiger partial charge in [-0.15, -0.1) is 24.0 Å². The molecular weight excluding hydrogens is 317 g/mol. The molecule has 0 fully saturated rings. The maximum Gasteiger partial charge on any atom is 0.194 e. The summed E-state index contributed by atoms with van der Waals surface area (Å²) in [5.74, 6) is 0.984. The van der Waals surface area contributed by atoms with Gasteiger partial charge in [0, 0.05) is 38.4 Å². The van der Waals surface area contributed by atoms with Crippen molar-refractivity contribution in [2.24, 2.45) is 12.0 Å². The standard InChI is InChI=1S/C10H17N5.HI/c1-8-9(7-13-15(8)3)6-12-10-11-4-5-14(10)2;/h7H,4-6H2,1-3H3,(H,11,12);1H. The van der Waals surface area contributed by atoms with E-state index in [9.17, 15) is 0 Å². The normalized spacial score (nSPS) is 14.7. The third-order valence-electron chi connectivity index (χ3n) is 2.83. The summed E-state index contributed by atoms with van der Waals surface area (Å²) >= 11 is 0. The molecule has 2 heterocycles. The Labute approximate surface area is 113 Å². The van der Waals surface area contributed by atoms with Gasteiger partial charge in [-0.05, 0) is 6.92 Å². The zero-order valence-electron chi connectivity index (χ0n) is 9.90. The zero-order chi connectivity index (χ0) is 10.8. The minimum atomic E-state index is 0. The Hall–Kier alpha value is -0.790. The van der Waals surface area contributed by atoms with Crippen LogP contribution in [-0.2, 0) is 13.6 Å². The Bertz CT molecular complexity index is 385. The molecule has 16 heavy (non-hydrogen) atoms. The van der Waals surface area contributed by atoms with E-state index in [1.54, 1.807) is 0 Å². The molecule has 0 amide bonds. The molecule has 1 aromatic rings. The summed E-state index contributed by atoms with van der Waals surface area (Å²) in [6.45, 7) is 4.77. The lowest BCUT2D eigenvalue weighted by Crippen LogP contribution is -2.35. The first-order valence-corrected chi connectivity index (χ1v) is 5.15. The Kier molecular flexibility index (Phi) is 4.57. The van der Waals surface area contributed by atoms with Gasteiger partial charge < -0.3 is 10.2 Å². The van der Waals surface area contributed by atoms with Gasteiger partial charge in [-0.2, -0.15) is 5.10 Å². The maximum atomic E-state index is 4.37. The molecule has 0 saturated heterocycles. The number of hydrogen-bond acceptors (Lipinski definition) is 4. The topological polar surface area (TPSA) is 45.5 Å². The Morgan fingerprint density at radius 2 is 2.19 bits per heavy atom. The summed E-state index contributed by atoms with van der Waals surface area (Å²) < 4.78 is 1.89. The van der Waals surface area contributed by atoms with Crippen molar-refractivity contribution in [2.75, 3.05) is 20.1 Å². The van der Waals surface area contributed by atoms with Crippen LogP contribution in [0.5, 0.6) is 0 Å². The van der Waals surface area contributed by atoms with Gasteiger partial charge in [0.2, 0.25) is 0 Å². The second-order valence-corrected chi connectivity index (χ2v) is 3.86. The fourth-order valence-corrected chi connectivity index (χ4v) is 1.62. The third-order valence-corrected chi connectivity index (χ3v) is 2.83. The number of rotatable bonds is 2. The average Bonchev–Trinajstić information content (AvgIpc) is 2.74. The van der Waals surface area contributed by atoms with E-state index in [0.29, 0.717) is 0 Å². The highest BCUT2D eigenvalue weighted by Gasteiger charge is 2.12. The van der Waals surface area contributed by atoms with E-state index < -0.39 is 0 Å². The molecule has 0 spiro atoms. The Morgan fingerprint density at radius 1 is 1.44 bits per heavy atom. The maximum absolute atomic E-state index is 4.37. The van der Waals surface area contributed by atoms with Gasteiger partial charge in [0.05, 0.1) is 12.7 Å². The zero-order valence-corrected chi connectivity index (χ0v) is 12.2. The summed E-state index contributed by atoms with van der Waals surface area (Å²) in [5.41, 5.74) is 2.42. The molecule has 1 aliphatic rings. The highest BCUT2D eigenvalue weighted by atomic mass is 127. The summed E-state index contributed by atoms with van der Waals surface area (Å²) in [6.07, 6.45) is 1.90. The van der Waals surface area contributed by atoms with Gasteiger partial charge in [0.15, 0.2) is 5.96 Å². The number of likely N-dealkylation sites (N-methyl/N-ethyl adjacent to an activating group) is 1. The highest BCUT2D eigenvalue weighted by molar-refractivity contribution is 14.0. The first-order valence-electron chi connectivity index (χ1n) is 5.15. The van der Waals surface area contributed by atoms with Crippen molar-refractivity contribution in [3.63, 3.8) is 0 Å². The molecule has 0 radical (unpaired) electrons. The molecule has 0 aromatic carbocycles. The van der Waals surface area contributed by atoms with Crippen molar-refractivity contribution >= 4 is 29.9 Å². The lowest BCUT2D eigenvalue weighted by atomic mass is 10.2.